The zero-order valence-corrected chi connectivity index (χ0v) is 14.3. The molecule has 25 heavy (non-hydrogen) atoms. The number of fused-ring (bicyclic) bond motifs is 1. The largest absolute Gasteiger partial charge is 0.349 e. The van der Waals surface area contributed by atoms with Crippen molar-refractivity contribution in [1.29, 1.82) is 0 Å². The van der Waals surface area contributed by atoms with Crippen LogP contribution in [0.25, 0.3) is 10.6 Å². The Labute approximate surface area is 148 Å². The molecule has 0 aliphatic rings. The summed E-state index contributed by atoms with van der Waals surface area (Å²) < 4.78 is 3.62. The van der Waals surface area contributed by atoms with Crippen LogP contribution in [-0.2, 0) is 11.2 Å². The third-order valence-corrected chi connectivity index (χ3v) is 4.71. The molecule has 1 unspecified atom stereocenters. The molecule has 1 N–H and O–H groups in total. The van der Waals surface area contributed by atoms with Gasteiger partial charge in [0.15, 0.2) is 4.96 Å². The fourth-order valence-corrected chi connectivity index (χ4v) is 3.38. The van der Waals surface area contributed by atoms with Gasteiger partial charge in [-0.15, -0.1) is 11.3 Å². The molecule has 126 valence electrons. The number of rotatable bonds is 5. The van der Waals surface area contributed by atoms with Crippen LogP contribution in [-0.4, -0.2) is 30.1 Å². The predicted octanol–water partition coefficient (Wildman–Crippen LogP) is 2.40. The van der Waals surface area contributed by atoms with E-state index in [1.165, 1.54) is 6.33 Å². The van der Waals surface area contributed by atoms with Gasteiger partial charge in [-0.3, -0.25) is 9.20 Å². The van der Waals surface area contributed by atoms with Gasteiger partial charge in [0.1, 0.15) is 12.7 Å². The molecule has 0 saturated carbocycles. The number of carbonyl (C=O) groups is 1. The highest BCUT2D eigenvalue weighted by molar-refractivity contribution is 7.15. The Morgan fingerprint density at radius 3 is 2.88 bits per heavy atom. The lowest BCUT2D eigenvalue weighted by atomic mass is 10.1. The van der Waals surface area contributed by atoms with E-state index >= 15 is 0 Å². The summed E-state index contributed by atoms with van der Waals surface area (Å²) in [5.41, 5.74) is 2.74. The van der Waals surface area contributed by atoms with Gasteiger partial charge in [-0.2, -0.15) is 5.10 Å². The van der Waals surface area contributed by atoms with Crippen LogP contribution in [0.1, 0.15) is 24.2 Å². The standard InChI is InChI=1S/C17H16N6OS/c1-12(13-2-4-15(5-3-13)23-11-18-10-19-23)20-16(24)8-14-9-22-6-7-25-17(22)21-14/h2-7,9-12H,8H2,1H3,(H,20,24). The Hall–Kier alpha value is -3.00. The van der Waals surface area contributed by atoms with Crippen LogP contribution in [0.5, 0.6) is 0 Å². The lowest BCUT2D eigenvalue weighted by Crippen LogP contribution is -2.28. The fraction of sp³-hybridized carbons (Fsp3) is 0.176. The Bertz CT molecular complexity index is 957. The molecule has 4 rings (SSSR count). The van der Waals surface area contributed by atoms with Crippen molar-refractivity contribution in [2.24, 2.45) is 0 Å². The van der Waals surface area contributed by atoms with E-state index < -0.39 is 0 Å². The topological polar surface area (TPSA) is 77.1 Å². The minimum Gasteiger partial charge on any atom is -0.349 e. The molecule has 1 amide bonds. The van der Waals surface area contributed by atoms with Crippen molar-refractivity contribution in [2.75, 3.05) is 0 Å². The molecule has 1 atom stereocenters. The molecule has 0 saturated heterocycles. The Morgan fingerprint density at radius 1 is 1.32 bits per heavy atom. The summed E-state index contributed by atoms with van der Waals surface area (Å²) in [5.74, 6) is -0.0430. The second kappa shape index (κ2) is 6.48. The molecular weight excluding hydrogens is 336 g/mol. The van der Waals surface area contributed by atoms with E-state index in [1.807, 2.05) is 53.4 Å². The van der Waals surface area contributed by atoms with Gasteiger partial charge in [0, 0.05) is 17.8 Å². The van der Waals surface area contributed by atoms with Crippen LogP contribution in [0.4, 0.5) is 0 Å². The van der Waals surface area contributed by atoms with Gasteiger partial charge in [-0.1, -0.05) is 12.1 Å². The second-order valence-corrected chi connectivity index (χ2v) is 6.60. The normalized spacial score (nSPS) is 12.4. The zero-order valence-electron chi connectivity index (χ0n) is 13.5. The van der Waals surface area contributed by atoms with Gasteiger partial charge < -0.3 is 5.32 Å². The Morgan fingerprint density at radius 2 is 2.16 bits per heavy atom. The summed E-state index contributed by atoms with van der Waals surface area (Å²) in [6, 6.07) is 7.79. The van der Waals surface area contributed by atoms with E-state index in [4.69, 9.17) is 0 Å². The fourth-order valence-electron chi connectivity index (χ4n) is 2.66. The number of nitrogens with zero attached hydrogens (tertiary/aromatic N) is 5. The van der Waals surface area contributed by atoms with Gasteiger partial charge >= 0.3 is 0 Å². The quantitative estimate of drug-likeness (QED) is 0.598. The van der Waals surface area contributed by atoms with Crippen molar-refractivity contribution in [3.8, 4) is 5.69 Å². The van der Waals surface area contributed by atoms with Crippen molar-refractivity contribution in [1.82, 2.24) is 29.5 Å². The van der Waals surface area contributed by atoms with Crippen LogP contribution in [0.3, 0.4) is 0 Å². The monoisotopic (exact) mass is 352 g/mol. The van der Waals surface area contributed by atoms with E-state index in [0.29, 0.717) is 0 Å². The number of hydrogen-bond donors (Lipinski definition) is 1. The van der Waals surface area contributed by atoms with Crippen LogP contribution < -0.4 is 5.32 Å². The predicted molar refractivity (Wildman–Crippen MR) is 94.7 cm³/mol. The maximum atomic E-state index is 12.3. The highest BCUT2D eigenvalue weighted by Gasteiger charge is 2.12. The first-order valence-corrected chi connectivity index (χ1v) is 8.72. The first kappa shape index (κ1) is 15.5. The van der Waals surface area contributed by atoms with Gasteiger partial charge in [0.25, 0.3) is 0 Å². The van der Waals surface area contributed by atoms with Crippen LogP contribution in [0.15, 0.2) is 54.7 Å². The molecule has 0 fully saturated rings. The smallest absolute Gasteiger partial charge is 0.226 e. The molecule has 0 aliphatic carbocycles. The number of nitrogens with one attached hydrogen (secondary N) is 1. The van der Waals surface area contributed by atoms with E-state index in [-0.39, 0.29) is 18.4 Å². The summed E-state index contributed by atoms with van der Waals surface area (Å²) in [4.78, 5) is 21.5. The van der Waals surface area contributed by atoms with E-state index in [1.54, 1.807) is 22.3 Å². The second-order valence-electron chi connectivity index (χ2n) is 5.72. The van der Waals surface area contributed by atoms with Crippen molar-refractivity contribution >= 4 is 22.2 Å². The Kier molecular flexibility index (Phi) is 4.02. The van der Waals surface area contributed by atoms with Gasteiger partial charge in [0.2, 0.25) is 5.91 Å². The van der Waals surface area contributed by atoms with E-state index in [9.17, 15) is 4.79 Å². The van der Waals surface area contributed by atoms with Gasteiger partial charge in [0.05, 0.1) is 23.8 Å². The van der Waals surface area contributed by atoms with Crippen molar-refractivity contribution < 1.29 is 4.79 Å². The molecule has 3 aromatic heterocycles. The number of benzene rings is 1. The third kappa shape index (κ3) is 3.29. The molecular formula is C17H16N6OS. The zero-order chi connectivity index (χ0) is 17.2. The van der Waals surface area contributed by atoms with Gasteiger partial charge in [-0.05, 0) is 24.6 Å². The summed E-state index contributed by atoms with van der Waals surface area (Å²) in [7, 11) is 0. The van der Waals surface area contributed by atoms with Crippen LogP contribution in [0.2, 0.25) is 0 Å². The summed E-state index contributed by atoms with van der Waals surface area (Å²) in [5, 5.41) is 9.08. The summed E-state index contributed by atoms with van der Waals surface area (Å²) >= 11 is 1.55. The maximum Gasteiger partial charge on any atom is 0.226 e. The van der Waals surface area contributed by atoms with Crippen molar-refractivity contribution in [3.05, 3.63) is 66.0 Å². The van der Waals surface area contributed by atoms with Crippen molar-refractivity contribution in [3.63, 3.8) is 0 Å². The highest BCUT2D eigenvalue weighted by Crippen LogP contribution is 2.16. The minimum absolute atomic E-state index is 0.0430. The maximum absolute atomic E-state index is 12.3. The number of thiazole rings is 1. The number of aromatic nitrogens is 5. The molecule has 7 nitrogen and oxygen atoms in total. The molecule has 3 heterocycles. The highest BCUT2D eigenvalue weighted by atomic mass is 32.1. The third-order valence-electron chi connectivity index (χ3n) is 3.94. The van der Waals surface area contributed by atoms with Crippen molar-refractivity contribution in [2.45, 2.75) is 19.4 Å². The number of hydrogen-bond acceptors (Lipinski definition) is 5. The lowest BCUT2D eigenvalue weighted by Gasteiger charge is -2.14. The van der Waals surface area contributed by atoms with Crippen LogP contribution in [0, 0.1) is 0 Å². The molecule has 8 heteroatoms. The molecule has 0 spiro atoms. The number of carbonyl (C=O) groups excluding carboxylic acids is 1. The number of imidazole rings is 1. The molecule has 1 aromatic carbocycles. The average Bonchev–Trinajstić information content (AvgIpc) is 3.32. The Balaban J connectivity index is 1.39. The van der Waals surface area contributed by atoms with Gasteiger partial charge in [-0.25, -0.2) is 14.6 Å². The molecule has 0 radical (unpaired) electrons. The van der Waals surface area contributed by atoms with E-state index in [0.717, 1.165) is 21.9 Å². The average molecular weight is 352 g/mol. The number of amides is 1. The summed E-state index contributed by atoms with van der Waals surface area (Å²) in [6.07, 6.45) is 7.25. The molecule has 0 aliphatic heterocycles. The van der Waals surface area contributed by atoms with E-state index in [2.05, 4.69) is 20.4 Å². The van der Waals surface area contributed by atoms with Crippen LogP contribution >= 0.6 is 11.3 Å². The minimum atomic E-state index is -0.0824. The SMILES string of the molecule is CC(NC(=O)Cc1cn2ccsc2n1)c1ccc(-n2cncn2)cc1. The summed E-state index contributed by atoms with van der Waals surface area (Å²) in [6.45, 7) is 1.97. The first-order valence-electron chi connectivity index (χ1n) is 7.84. The molecule has 0 bridgehead atoms. The lowest BCUT2D eigenvalue weighted by molar-refractivity contribution is -0.121. The molecule has 4 aromatic rings. The first-order chi connectivity index (χ1) is 12.2.